The highest BCUT2D eigenvalue weighted by Crippen LogP contribution is 2.35. The molecule has 3 rings (SSSR count). The summed E-state index contributed by atoms with van der Waals surface area (Å²) in [4.78, 5) is 14.3. The zero-order valence-corrected chi connectivity index (χ0v) is 17.0. The molecule has 5 heteroatoms. The van der Waals surface area contributed by atoms with Gasteiger partial charge in [0.2, 0.25) is 5.91 Å². The summed E-state index contributed by atoms with van der Waals surface area (Å²) >= 11 is 0. The SMILES string of the molecule is CCOc1cc2c(cc1/C=C/C(=O)NCc1cccc(N(C)C)c1)OC(C)C2. The number of anilines is 1. The van der Waals surface area contributed by atoms with Crippen molar-refractivity contribution in [3.63, 3.8) is 0 Å². The normalized spacial score (nSPS) is 15.2. The largest absolute Gasteiger partial charge is 0.493 e. The molecule has 0 saturated carbocycles. The van der Waals surface area contributed by atoms with Crippen LogP contribution in [0.2, 0.25) is 0 Å². The highest BCUT2D eigenvalue weighted by Gasteiger charge is 2.21. The van der Waals surface area contributed by atoms with Crippen molar-refractivity contribution in [2.45, 2.75) is 32.9 Å². The second-order valence-electron chi connectivity index (χ2n) is 7.18. The van der Waals surface area contributed by atoms with E-state index >= 15 is 0 Å². The Balaban J connectivity index is 1.67. The summed E-state index contributed by atoms with van der Waals surface area (Å²) in [6.07, 6.45) is 4.37. The van der Waals surface area contributed by atoms with E-state index in [9.17, 15) is 4.79 Å². The number of hydrogen-bond donors (Lipinski definition) is 1. The third kappa shape index (κ3) is 4.85. The number of nitrogens with one attached hydrogen (secondary N) is 1. The van der Waals surface area contributed by atoms with Crippen molar-refractivity contribution in [2.75, 3.05) is 25.6 Å². The fraction of sp³-hybridized carbons (Fsp3) is 0.348. The van der Waals surface area contributed by atoms with Crippen molar-refractivity contribution in [1.29, 1.82) is 0 Å². The fourth-order valence-electron chi connectivity index (χ4n) is 3.22. The quantitative estimate of drug-likeness (QED) is 0.742. The van der Waals surface area contributed by atoms with Crippen molar-refractivity contribution >= 4 is 17.7 Å². The minimum absolute atomic E-state index is 0.146. The van der Waals surface area contributed by atoms with Gasteiger partial charge in [0.1, 0.15) is 17.6 Å². The number of carbonyl (C=O) groups excluding carboxylic acids is 1. The number of carbonyl (C=O) groups is 1. The molecule has 1 atom stereocenters. The van der Waals surface area contributed by atoms with Crippen LogP contribution >= 0.6 is 0 Å². The van der Waals surface area contributed by atoms with Crippen LogP contribution in [0.25, 0.3) is 6.08 Å². The summed E-state index contributed by atoms with van der Waals surface area (Å²) in [5.74, 6) is 1.51. The Morgan fingerprint density at radius 2 is 2.14 bits per heavy atom. The molecular weight excluding hydrogens is 352 g/mol. The van der Waals surface area contributed by atoms with Gasteiger partial charge in [-0.15, -0.1) is 0 Å². The number of amides is 1. The van der Waals surface area contributed by atoms with Gasteiger partial charge >= 0.3 is 0 Å². The summed E-state index contributed by atoms with van der Waals surface area (Å²) in [6.45, 7) is 5.06. The molecule has 1 aliphatic heterocycles. The van der Waals surface area contributed by atoms with E-state index in [4.69, 9.17) is 9.47 Å². The highest BCUT2D eigenvalue weighted by atomic mass is 16.5. The summed E-state index contributed by atoms with van der Waals surface area (Å²) in [5.41, 5.74) is 4.16. The molecule has 28 heavy (non-hydrogen) atoms. The molecule has 0 aliphatic carbocycles. The van der Waals surface area contributed by atoms with Gasteiger partial charge in [0.05, 0.1) is 6.61 Å². The maximum atomic E-state index is 12.3. The van der Waals surface area contributed by atoms with Gasteiger partial charge in [0.25, 0.3) is 0 Å². The molecule has 0 saturated heterocycles. The molecule has 1 heterocycles. The first-order valence-corrected chi connectivity index (χ1v) is 9.64. The van der Waals surface area contributed by atoms with Crippen LogP contribution in [-0.4, -0.2) is 32.7 Å². The lowest BCUT2D eigenvalue weighted by atomic mass is 10.1. The summed E-state index contributed by atoms with van der Waals surface area (Å²) in [5, 5.41) is 2.93. The topological polar surface area (TPSA) is 50.8 Å². The Kier molecular flexibility index (Phi) is 6.24. The van der Waals surface area contributed by atoms with Gasteiger partial charge in [0.15, 0.2) is 0 Å². The van der Waals surface area contributed by atoms with E-state index in [0.717, 1.165) is 40.3 Å². The number of fused-ring (bicyclic) bond motifs is 1. The lowest BCUT2D eigenvalue weighted by Gasteiger charge is -2.13. The molecule has 2 aromatic rings. The predicted octanol–water partition coefficient (Wildman–Crippen LogP) is 3.80. The zero-order valence-electron chi connectivity index (χ0n) is 17.0. The van der Waals surface area contributed by atoms with E-state index in [1.165, 1.54) is 0 Å². The van der Waals surface area contributed by atoms with Crippen LogP contribution < -0.4 is 19.7 Å². The molecule has 2 aromatic carbocycles. The monoisotopic (exact) mass is 380 g/mol. The van der Waals surface area contributed by atoms with Gasteiger partial charge in [-0.2, -0.15) is 0 Å². The van der Waals surface area contributed by atoms with E-state index in [2.05, 4.69) is 18.3 Å². The van der Waals surface area contributed by atoms with Gasteiger partial charge in [-0.05, 0) is 49.8 Å². The van der Waals surface area contributed by atoms with Gasteiger partial charge in [0, 0.05) is 50.0 Å². The van der Waals surface area contributed by atoms with E-state index in [1.54, 1.807) is 12.2 Å². The lowest BCUT2D eigenvalue weighted by Crippen LogP contribution is -2.20. The van der Waals surface area contributed by atoms with Crippen LogP contribution in [0.5, 0.6) is 11.5 Å². The van der Waals surface area contributed by atoms with E-state index < -0.39 is 0 Å². The molecule has 1 aliphatic rings. The first-order chi connectivity index (χ1) is 13.5. The number of nitrogens with zero attached hydrogens (tertiary/aromatic N) is 1. The van der Waals surface area contributed by atoms with Gasteiger partial charge < -0.3 is 19.7 Å². The average Bonchev–Trinajstić information content (AvgIpc) is 3.03. The molecule has 0 spiro atoms. The Bertz CT molecular complexity index is 874. The molecule has 5 nitrogen and oxygen atoms in total. The summed E-state index contributed by atoms with van der Waals surface area (Å²) in [7, 11) is 3.99. The van der Waals surface area contributed by atoms with Crippen molar-refractivity contribution in [2.24, 2.45) is 0 Å². The van der Waals surface area contributed by atoms with Crippen molar-refractivity contribution in [3.8, 4) is 11.5 Å². The van der Waals surface area contributed by atoms with Gasteiger partial charge in [-0.3, -0.25) is 4.79 Å². The Hall–Kier alpha value is -2.95. The molecule has 0 aromatic heterocycles. The number of rotatable bonds is 7. The molecule has 0 bridgehead atoms. The number of benzene rings is 2. The number of hydrogen-bond acceptors (Lipinski definition) is 4. The van der Waals surface area contributed by atoms with Gasteiger partial charge in [-0.25, -0.2) is 0 Å². The molecule has 1 amide bonds. The van der Waals surface area contributed by atoms with Gasteiger partial charge in [-0.1, -0.05) is 12.1 Å². The maximum absolute atomic E-state index is 12.3. The van der Waals surface area contributed by atoms with Crippen LogP contribution in [-0.2, 0) is 17.8 Å². The van der Waals surface area contributed by atoms with Crippen molar-refractivity contribution < 1.29 is 14.3 Å². The first kappa shape index (κ1) is 19.8. The average molecular weight is 380 g/mol. The van der Waals surface area contributed by atoms with E-state index in [-0.39, 0.29) is 12.0 Å². The Labute approximate surface area is 167 Å². The van der Waals surface area contributed by atoms with E-state index in [0.29, 0.717) is 13.2 Å². The highest BCUT2D eigenvalue weighted by molar-refractivity contribution is 5.92. The maximum Gasteiger partial charge on any atom is 0.244 e. The second kappa shape index (κ2) is 8.83. The van der Waals surface area contributed by atoms with Crippen LogP contribution in [0.1, 0.15) is 30.5 Å². The number of ether oxygens (including phenoxy) is 2. The van der Waals surface area contributed by atoms with Crippen molar-refractivity contribution in [1.82, 2.24) is 5.32 Å². The minimum atomic E-state index is -0.146. The van der Waals surface area contributed by atoms with Crippen LogP contribution in [0.4, 0.5) is 5.69 Å². The molecule has 148 valence electrons. The smallest absolute Gasteiger partial charge is 0.244 e. The third-order valence-corrected chi connectivity index (χ3v) is 4.64. The Morgan fingerprint density at radius 3 is 2.89 bits per heavy atom. The fourth-order valence-corrected chi connectivity index (χ4v) is 3.22. The van der Waals surface area contributed by atoms with Crippen LogP contribution in [0.15, 0.2) is 42.5 Å². The lowest BCUT2D eigenvalue weighted by molar-refractivity contribution is -0.116. The standard InChI is InChI=1S/C23H28N2O3/c1-5-27-21-14-19-11-16(2)28-22(19)13-18(21)9-10-23(26)24-15-17-7-6-8-20(12-17)25(3)4/h6-10,12-14,16H,5,11,15H2,1-4H3,(H,24,26)/b10-9+. The summed E-state index contributed by atoms with van der Waals surface area (Å²) < 4.78 is 11.6. The van der Waals surface area contributed by atoms with Crippen LogP contribution in [0, 0.1) is 0 Å². The molecule has 0 fully saturated rings. The third-order valence-electron chi connectivity index (χ3n) is 4.64. The predicted molar refractivity (Wildman–Crippen MR) is 113 cm³/mol. The van der Waals surface area contributed by atoms with E-state index in [1.807, 2.05) is 56.3 Å². The summed E-state index contributed by atoms with van der Waals surface area (Å²) in [6, 6.07) is 12.1. The first-order valence-electron chi connectivity index (χ1n) is 9.64. The second-order valence-corrected chi connectivity index (χ2v) is 7.18. The minimum Gasteiger partial charge on any atom is -0.493 e. The molecule has 0 radical (unpaired) electrons. The molecular formula is C23H28N2O3. The van der Waals surface area contributed by atoms with Crippen LogP contribution in [0.3, 0.4) is 0 Å². The molecule has 1 N–H and O–H groups in total. The Morgan fingerprint density at radius 1 is 1.32 bits per heavy atom. The molecule has 1 unspecified atom stereocenters. The van der Waals surface area contributed by atoms with Crippen molar-refractivity contribution in [3.05, 3.63) is 59.2 Å². The zero-order chi connectivity index (χ0) is 20.1.